The summed E-state index contributed by atoms with van der Waals surface area (Å²) in [5.74, 6) is -0.683. The highest BCUT2D eigenvalue weighted by Gasteiger charge is 2.45. The van der Waals surface area contributed by atoms with Crippen LogP contribution in [0.1, 0.15) is 44.7 Å². The van der Waals surface area contributed by atoms with Gasteiger partial charge in [0.25, 0.3) is 0 Å². The number of nitrogens with one attached hydrogen (secondary N) is 1. The number of hydrogen-bond donors (Lipinski definition) is 3. The molecule has 3 rings (SSSR count). The maximum absolute atomic E-state index is 12.9. The van der Waals surface area contributed by atoms with E-state index in [0.717, 1.165) is 12.0 Å². The number of carbonyl (C=O) groups is 2. The quantitative estimate of drug-likeness (QED) is 0.662. The highest BCUT2D eigenvalue weighted by molar-refractivity contribution is 6.43. The van der Waals surface area contributed by atoms with Crippen LogP contribution in [0, 0.1) is 5.92 Å². The summed E-state index contributed by atoms with van der Waals surface area (Å²) in [4.78, 5) is 29.0. The lowest BCUT2D eigenvalue weighted by Gasteiger charge is -2.32. The zero-order valence-electron chi connectivity index (χ0n) is 16.8. The zero-order chi connectivity index (χ0) is 20.4. The number of urea groups is 1. The molecular weight excluding hydrogens is 357 g/mol. The van der Waals surface area contributed by atoms with Crippen LogP contribution in [0.2, 0.25) is 0 Å². The standard InChI is InChI=1S/C20H30BN3O4/c1-13(2)10-18(21(27)28)24-14(3)11-17(19(24)25)22-20(26)23-9-8-15-6-4-5-7-16(15)12-23/h4-7,13-14,17-18,27-28H,8-12H2,1-3H3,(H,22,26)/t14?,17-,18-/m0/s1. The highest BCUT2D eigenvalue weighted by atomic mass is 16.4. The molecule has 152 valence electrons. The fourth-order valence-electron chi connectivity index (χ4n) is 4.33. The Balaban J connectivity index is 1.65. The lowest BCUT2D eigenvalue weighted by atomic mass is 9.73. The van der Waals surface area contributed by atoms with Gasteiger partial charge in [0.15, 0.2) is 0 Å². The Bertz CT molecular complexity index is 727. The van der Waals surface area contributed by atoms with Gasteiger partial charge in [0.1, 0.15) is 6.04 Å². The van der Waals surface area contributed by atoms with Crippen LogP contribution < -0.4 is 5.32 Å². The van der Waals surface area contributed by atoms with E-state index in [1.165, 1.54) is 5.56 Å². The van der Waals surface area contributed by atoms with E-state index in [1.807, 2.05) is 39.0 Å². The van der Waals surface area contributed by atoms with Crippen molar-refractivity contribution in [3.8, 4) is 0 Å². The largest absolute Gasteiger partial charge is 0.475 e. The minimum Gasteiger partial charge on any atom is -0.426 e. The van der Waals surface area contributed by atoms with Gasteiger partial charge in [-0.25, -0.2) is 4.79 Å². The minimum absolute atomic E-state index is 0.162. The Kier molecular flexibility index (Phi) is 6.30. The van der Waals surface area contributed by atoms with Gasteiger partial charge in [0.05, 0.1) is 5.94 Å². The summed E-state index contributed by atoms with van der Waals surface area (Å²) in [5.41, 5.74) is 2.40. The first-order chi connectivity index (χ1) is 13.3. The van der Waals surface area contributed by atoms with E-state index >= 15 is 0 Å². The molecule has 2 aliphatic rings. The molecule has 0 aromatic heterocycles. The van der Waals surface area contributed by atoms with Gasteiger partial charge in [-0.2, -0.15) is 0 Å². The Labute approximate surface area is 166 Å². The summed E-state index contributed by atoms with van der Waals surface area (Å²) in [6.45, 7) is 7.00. The van der Waals surface area contributed by atoms with Crippen molar-refractivity contribution in [3.05, 3.63) is 35.4 Å². The van der Waals surface area contributed by atoms with Gasteiger partial charge in [-0.3, -0.25) is 4.79 Å². The van der Waals surface area contributed by atoms with Gasteiger partial charge in [-0.15, -0.1) is 0 Å². The molecule has 1 unspecified atom stereocenters. The minimum atomic E-state index is -1.60. The molecule has 1 aromatic rings. The number of benzene rings is 1. The molecule has 28 heavy (non-hydrogen) atoms. The van der Waals surface area contributed by atoms with Crippen LogP contribution in [0.4, 0.5) is 4.79 Å². The maximum Gasteiger partial charge on any atom is 0.475 e. The van der Waals surface area contributed by atoms with Crippen molar-refractivity contribution in [2.24, 2.45) is 5.92 Å². The molecule has 0 aliphatic carbocycles. The summed E-state index contributed by atoms with van der Waals surface area (Å²) in [6, 6.07) is 7.05. The Hall–Kier alpha value is -2.06. The lowest BCUT2D eigenvalue weighted by molar-refractivity contribution is -0.131. The average Bonchev–Trinajstić information content (AvgIpc) is 2.92. The molecule has 2 aliphatic heterocycles. The van der Waals surface area contributed by atoms with Crippen LogP contribution in [-0.2, 0) is 17.8 Å². The van der Waals surface area contributed by atoms with Gasteiger partial charge in [-0.05, 0) is 43.2 Å². The van der Waals surface area contributed by atoms with Crippen molar-refractivity contribution >= 4 is 19.1 Å². The van der Waals surface area contributed by atoms with E-state index in [4.69, 9.17) is 0 Å². The van der Waals surface area contributed by atoms with Crippen molar-refractivity contribution in [2.45, 2.75) is 64.6 Å². The molecule has 0 saturated carbocycles. The van der Waals surface area contributed by atoms with E-state index in [2.05, 4.69) is 11.4 Å². The number of fused-ring (bicyclic) bond motifs is 1. The molecule has 3 N–H and O–H groups in total. The second kappa shape index (κ2) is 8.53. The summed E-state index contributed by atoms with van der Waals surface area (Å²) in [7, 11) is -1.60. The Morgan fingerprint density at radius 2 is 1.96 bits per heavy atom. The first-order valence-electron chi connectivity index (χ1n) is 10.1. The smallest absolute Gasteiger partial charge is 0.426 e. The number of likely N-dealkylation sites (tertiary alicyclic amines) is 1. The molecular formula is C20H30BN3O4. The van der Waals surface area contributed by atoms with Crippen LogP contribution in [0.3, 0.4) is 0 Å². The topological polar surface area (TPSA) is 93.1 Å². The molecule has 0 spiro atoms. The van der Waals surface area contributed by atoms with Crippen molar-refractivity contribution in [2.75, 3.05) is 6.54 Å². The van der Waals surface area contributed by atoms with E-state index in [9.17, 15) is 19.6 Å². The first kappa shape index (κ1) is 20.7. The zero-order valence-corrected chi connectivity index (χ0v) is 16.8. The van der Waals surface area contributed by atoms with E-state index in [0.29, 0.717) is 25.9 Å². The molecule has 0 radical (unpaired) electrons. The van der Waals surface area contributed by atoms with Gasteiger partial charge in [0.2, 0.25) is 5.91 Å². The molecule has 1 fully saturated rings. The number of carbonyl (C=O) groups excluding carboxylic acids is 2. The van der Waals surface area contributed by atoms with Crippen molar-refractivity contribution in [1.82, 2.24) is 15.1 Å². The lowest BCUT2D eigenvalue weighted by Crippen LogP contribution is -2.54. The summed E-state index contributed by atoms with van der Waals surface area (Å²) < 4.78 is 0. The fraction of sp³-hybridized carbons (Fsp3) is 0.600. The predicted octanol–water partition coefficient (Wildman–Crippen LogP) is 1.17. The SMILES string of the molecule is CC(C)C[C@@H](B(O)O)N1C(=O)[C@@H](NC(=O)N2CCc3ccccc3C2)CC1C. The van der Waals surface area contributed by atoms with Crippen LogP contribution in [0.15, 0.2) is 24.3 Å². The maximum atomic E-state index is 12.9. The average molecular weight is 387 g/mol. The van der Waals surface area contributed by atoms with Crippen LogP contribution >= 0.6 is 0 Å². The number of hydrogen-bond acceptors (Lipinski definition) is 4. The predicted molar refractivity (Wildman–Crippen MR) is 107 cm³/mol. The van der Waals surface area contributed by atoms with Gasteiger partial charge < -0.3 is 25.2 Å². The van der Waals surface area contributed by atoms with Crippen molar-refractivity contribution in [3.63, 3.8) is 0 Å². The molecule has 0 bridgehead atoms. The summed E-state index contributed by atoms with van der Waals surface area (Å²) in [6.07, 6.45) is 1.77. The molecule has 8 heteroatoms. The van der Waals surface area contributed by atoms with E-state index in [1.54, 1.807) is 9.80 Å². The molecule has 3 amide bonds. The van der Waals surface area contributed by atoms with Crippen molar-refractivity contribution < 1.29 is 19.6 Å². The second-order valence-corrected chi connectivity index (χ2v) is 8.38. The number of nitrogens with zero attached hydrogens (tertiary/aromatic N) is 2. The third kappa shape index (κ3) is 4.33. The van der Waals surface area contributed by atoms with Gasteiger partial charge in [-0.1, -0.05) is 38.1 Å². The van der Waals surface area contributed by atoms with Gasteiger partial charge >= 0.3 is 13.1 Å². The molecule has 7 nitrogen and oxygen atoms in total. The van der Waals surface area contributed by atoms with Crippen LogP contribution in [0.25, 0.3) is 0 Å². The van der Waals surface area contributed by atoms with Crippen molar-refractivity contribution in [1.29, 1.82) is 0 Å². The van der Waals surface area contributed by atoms with Gasteiger partial charge in [0, 0.05) is 19.1 Å². The molecule has 1 aromatic carbocycles. The summed E-state index contributed by atoms with van der Waals surface area (Å²) >= 11 is 0. The molecule has 1 saturated heterocycles. The highest BCUT2D eigenvalue weighted by Crippen LogP contribution is 2.26. The first-order valence-corrected chi connectivity index (χ1v) is 10.1. The van der Waals surface area contributed by atoms with E-state index < -0.39 is 19.1 Å². The number of amides is 3. The van der Waals surface area contributed by atoms with Crippen LogP contribution in [-0.4, -0.2) is 63.5 Å². The molecule has 2 heterocycles. The third-order valence-electron chi connectivity index (χ3n) is 5.73. The Morgan fingerprint density at radius 1 is 1.29 bits per heavy atom. The van der Waals surface area contributed by atoms with E-state index in [-0.39, 0.29) is 23.9 Å². The monoisotopic (exact) mass is 387 g/mol. The Morgan fingerprint density at radius 3 is 2.61 bits per heavy atom. The number of rotatable bonds is 5. The molecule has 3 atom stereocenters. The fourth-order valence-corrected chi connectivity index (χ4v) is 4.33. The summed E-state index contributed by atoms with van der Waals surface area (Å²) in [5, 5.41) is 22.4. The normalized spacial score (nSPS) is 23.0. The third-order valence-corrected chi connectivity index (χ3v) is 5.73. The second-order valence-electron chi connectivity index (χ2n) is 8.38. The van der Waals surface area contributed by atoms with Crippen LogP contribution in [0.5, 0.6) is 0 Å².